The third-order valence-corrected chi connectivity index (χ3v) is 3.32. The number of ether oxygens (including phenoxy) is 1. The highest BCUT2D eigenvalue weighted by molar-refractivity contribution is 9.10. The van der Waals surface area contributed by atoms with E-state index in [1.165, 1.54) is 0 Å². The third-order valence-electron chi connectivity index (χ3n) is 1.62. The molecule has 1 rings (SSSR count). The van der Waals surface area contributed by atoms with Crippen molar-refractivity contribution < 1.29 is 9.84 Å². The summed E-state index contributed by atoms with van der Waals surface area (Å²) in [7, 11) is 1.58. The van der Waals surface area contributed by atoms with Crippen molar-refractivity contribution in [2.24, 2.45) is 0 Å². The van der Waals surface area contributed by atoms with E-state index >= 15 is 0 Å². The highest BCUT2D eigenvalue weighted by Crippen LogP contribution is 2.31. The van der Waals surface area contributed by atoms with E-state index in [0.717, 1.165) is 10.0 Å². The van der Waals surface area contributed by atoms with Crippen molar-refractivity contribution in [1.29, 1.82) is 0 Å². The molecule has 0 aliphatic carbocycles. The Balaban J connectivity index is 2.88. The maximum atomic E-state index is 9.91. The lowest BCUT2D eigenvalue weighted by atomic mass is 10.0. The standard InChI is InChI=1S/C8H11BrO2S/c1-8(10,5-11-2)6-3-12-4-7(6)9/h3-4,10H,5H2,1-2H3. The molecule has 68 valence electrons. The second-order valence-electron chi connectivity index (χ2n) is 2.84. The third kappa shape index (κ3) is 2.07. The largest absolute Gasteiger partial charge is 0.383 e. The predicted molar refractivity (Wildman–Crippen MR) is 53.5 cm³/mol. The molecule has 0 radical (unpaired) electrons. The van der Waals surface area contributed by atoms with Crippen LogP contribution in [0.3, 0.4) is 0 Å². The van der Waals surface area contributed by atoms with Crippen LogP contribution in [0, 0.1) is 0 Å². The van der Waals surface area contributed by atoms with Gasteiger partial charge in [-0.15, -0.1) is 0 Å². The Hall–Kier alpha value is 0.100. The molecule has 0 aromatic carbocycles. The highest BCUT2D eigenvalue weighted by atomic mass is 79.9. The van der Waals surface area contributed by atoms with Crippen molar-refractivity contribution in [2.75, 3.05) is 13.7 Å². The van der Waals surface area contributed by atoms with Crippen molar-refractivity contribution >= 4 is 27.3 Å². The molecule has 0 fully saturated rings. The summed E-state index contributed by atoms with van der Waals surface area (Å²) in [5.74, 6) is 0. The van der Waals surface area contributed by atoms with Gasteiger partial charge in [-0.1, -0.05) is 0 Å². The van der Waals surface area contributed by atoms with Gasteiger partial charge in [0.25, 0.3) is 0 Å². The summed E-state index contributed by atoms with van der Waals surface area (Å²) in [6.45, 7) is 2.05. The first-order valence-corrected chi connectivity index (χ1v) is 5.25. The average molecular weight is 251 g/mol. The lowest BCUT2D eigenvalue weighted by molar-refractivity contribution is -0.0210. The summed E-state index contributed by atoms with van der Waals surface area (Å²) in [6.07, 6.45) is 0. The van der Waals surface area contributed by atoms with Crippen LogP contribution in [0.2, 0.25) is 0 Å². The van der Waals surface area contributed by atoms with Gasteiger partial charge >= 0.3 is 0 Å². The molecule has 1 aromatic rings. The number of aliphatic hydroxyl groups is 1. The van der Waals surface area contributed by atoms with Crippen LogP contribution in [-0.4, -0.2) is 18.8 Å². The van der Waals surface area contributed by atoms with E-state index in [1.54, 1.807) is 25.4 Å². The van der Waals surface area contributed by atoms with E-state index in [4.69, 9.17) is 4.74 Å². The van der Waals surface area contributed by atoms with Gasteiger partial charge in [-0.2, -0.15) is 11.3 Å². The van der Waals surface area contributed by atoms with Crippen LogP contribution < -0.4 is 0 Å². The summed E-state index contributed by atoms with van der Waals surface area (Å²) < 4.78 is 5.86. The molecule has 1 unspecified atom stereocenters. The van der Waals surface area contributed by atoms with Crippen molar-refractivity contribution in [1.82, 2.24) is 0 Å². The molecule has 0 aliphatic heterocycles. The van der Waals surface area contributed by atoms with Crippen LogP contribution in [0.4, 0.5) is 0 Å². The van der Waals surface area contributed by atoms with Gasteiger partial charge in [0.2, 0.25) is 0 Å². The molecule has 4 heteroatoms. The van der Waals surface area contributed by atoms with Crippen LogP contribution in [-0.2, 0) is 10.3 Å². The Kier molecular flexibility index (Phi) is 3.29. The van der Waals surface area contributed by atoms with Gasteiger partial charge in [0, 0.05) is 22.5 Å². The quantitative estimate of drug-likeness (QED) is 0.893. The van der Waals surface area contributed by atoms with E-state index in [1.807, 2.05) is 10.8 Å². The molecule has 0 aliphatic rings. The molecule has 12 heavy (non-hydrogen) atoms. The molecule has 0 amide bonds. The van der Waals surface area contributed by atoms with Gasteiger partial charge in [-0.25, -0.2) is 0 Å². The molecule has 0 spiro atoms. The first kappa shape index (κ1) is 10.2. The van der Waals surface area contributed by atoms with Crippen LogP contribution in [0.5, 0.6) is 0 Å². The number of thiophene rings is 1. The maximum absolute atomic E-state index is 9.91. The Morgan fingerprint density at radius 2 is 2.33 bits per heavy atom. The minimum Gasteiger partial charge on any atom is -0.383 e. The summed E-state index contributed by atoms with van der Waals surface area (Å²) in [6, 6.07) is 0. The summed E-state index contributed by atoms with van der Waals surface area (Å²) >= 11 is 4.92. The summed E-state index contributed by atoms with van der Waals surface area (Å²) in [5, 5.41) is 13.8. The van der Waals surface area contributed by atoms with Gasteiger partial charge in [-0.3, -0.25) is 0 Å². The lowest BCUT2D eigenvalue weighted by Crippen LogP contribution is -2.26. The van der Waals surface area contributed by atoms with Crippen molar-refractivity contribution in [3.8, 4) is 0 Å². The first-order chi connectivity index (χ1) is 5.58. The van der Waals surface area contributed by atoms with Gasteiger partial charge in [0.05, 0.1) is 6.61 Å². The second-order valence-corrected chi connectivity index (χ2v) is 4.44. The second kappa shape index (κ2) is 3.87. The first-order valence-electron chi connectivity index (χ1n) is 3.51. The smallest absolute Gasteiger partial charge is 0.112 e. The van der Waals surface area contributed by atoms with Crippen LogP contribution in [0.15, 0.2) is 15.2 Å². The zero-order valence-electron chi connectivity index (χ0n) is 7.00. The Bertz CT molecular complexity index is 257. The maximum Gasteiger partial charge on any atom is 0.112 e. The minimum atomic E-state index is -0.895. The fourth-order valence-electron chi connectivity index (χ4n) is 1.02. The minimum absolute atomic E-state index is 0.308. The van der Waals surface area contributed by atoms with Gasteiger partial charge in [-0.05, 0) is 28.2 Å². The van der Waals surface area contributed by atoms with E-state index in [-0.39, 0.29) is 0 Å². The predicted octanol–water partition coefficient (Wildman–Crippen LogP) is 2.36. The zero-order chi connectivity index (χ0) is 9.19. The molecule has 2 nitrogen and oxygen atoms in total. The lowest BCUT2D eigenvalue weighted by Gasteiger charge is -2.21. The SMILES string of the molecule is COCC(C)(O)c1cscc1Br. The molecular formula is C8H11BrO2S. The van der Waals surface area contributed by atoms with Crippen molar-refractivity contribution in [2.45, 2.75) is 12.5 Å². The number of hydrogen-bond donors (Lipinski definition) is 1. The summed E-state index contributed by atoms with van der Waals surface area (Å²) in [4.78, 5) is 0. The zero-order valence-corrected chi connectivity index (χ0v) is 9.41. The number of rotatable bonds is 3. The average Bonchev–Trinajstić information content (AvgIpc) is 2.35. The van der Waals surface area contributed by atoms with Gasteiger partial charge in [0.1, 0.15) is 5.60 Å². The highest BCUT2D eigenvalue weighted by Gasteiger charge is 2.25. The Morgan fingerprint density at radius 3 is 2.75 bits per heavy atom. The van der Waals surface area contributed by atoms with Crippen LogP contribution >= 0.6 is 27.3 Å². The van der Waals surface area contributed by atoms with Crippen molar-refractivity contribution in [3.05, 3.63) is 20.8 Å². The Labute approximate surface area is 84.3 Å². The topological polar surface area (TPSA) is 29.5 Å². The van der Waals surface area contributed by atoms with Crippen LogP contribution in [0.1, 0.15) is 12.5 Å². The van der Waals surface area contributed by atoms with Gasteiger partial charge in [0.15, 0.2) is 0 Å². The molecular weight excluding hydrogens is 240 g/mol. The number of hydrogen-bond acceptors (Lipinski definition) is 3. The molecule has 1 atom stereocenters. The fourth-order valence-corrected chi connectivity index (χ4v) is 2.87. The summed E-state index contributed by atoms with van der Waals surface area (Å²) in [5.41, 5.74) is -0.0116. The molecule has 0 saturated heterocycles. The monoisotopic (exact) mass is 250 g/mol. The number of methoxy groups -OCH3 is 1. The fraction of sp³-hybridized carbons (Fsp3) is 0.500. The van der Waals surface area contributed by atoms with Gasteiger partial charge < -0.3 is 9.84 Å². The molecule has 0 bridgehead atoms. The van der Waals surface area contributed by atoms with Crippen LogP contribution in [0.25, 0.3) is 0 Å². The molecule has 1 aromatic heterocycles. The normalized spacial score (nSPS) is 16.0. The number of halogens is 1. The van der Waals surface area contributed by atoms with E-state index in [0.29, 0.717) is 6.61 Å². The Morgan fingerprint density at radius 1 is 1.67 bits per heavy atom. The van der Waals surface area contributed by atoms with Crippen molar-refractivity contribution in [3.63, 3.8) is 0 Å². The molecule has 1 heterocycles. The van der Waals surface area contributed by atoms with E-state index < -0.39 is 5.60 Å². The van der Waals surface area contributed by atoms with E-state index in [9.17, 15) is 5.11 Å². The molecule has 0 saturated carbocycles. The molecule has 1 N–H and O–H groups in total. The van der Waals surface area contributed by atoms with E-state index in [2.05, 4.69) is 15.9 Å².